The van der Waals surface area contributed by atoms with Gasteiger partial charge in [-0.05, 0) is 55.8 Å². The Morgan fingerprint density at radius 1 is 1.25 bits per heavy atom. The number of benzene rings is 1. The van der Waals surface area contributed by atoms with E-state index in [1.807, 2.05) is 35.5 Å². The first kappa shape index (κ1) is 21.7. The van der Waals surface area contributed by atoms with Crippen LogP contribution in [-0.4, -0.2) is 47.0 Å². The highest BCUT2D eigenvalue weighted by atomic mass is 32.1. The number of nitrogens with one attached hydrogen (secondary N) is 1. The first-order valence-corrected chi connectivity index (χ1v) is 10.8. The Kier molecular flexibility index (Phi) is 6.30. The van der Waals surface area contributed by atoms with Crippen LogP contribution in [0.25, 0.3) is 11.8 Å². The van der Waals surface area contributed by atoms with E-state index in [4.69, 9.17) is 4.74 Å². The van der Waals surface area contributed by atoms with Gasteiger partial charge in [0.1, 0.15) is 17.5 Å². The van der Waals surface area contributed by atoms with Crippen molar-refractivity contribution < 1.29 is 13.9 Å². The van der Waals surface area contributed by atoms with E-state index < -0.39 is 5.91 Å². The number of nitriles is 1. The molecule has 0 atom stereocenters. The zero-order valence-corrected chi connectivity index (χ0v) is 18.4. The quantitative estimate of drug-likeness (QED) is 0.470. The van der Waals surface area contributed by atoms with Crippen LogP contribution in [0.5, 0.6) is 0 Å². The summed E-state index contributed by atoms with van der Waals surface area (Å²) in [6, 6.07) is 10.00. The zero-order valence-electron chi connectivity index (χ0n) is 17.6. The largest absolute Gasteiger partial charge is 0.378 e. The smallest absolute Gasteiger partial charge is 0.268 e. The number of halogens is 1. The first-order valence-electron chi connectivity index (χ1n) is 10.0. The van der Waals surface area contributed by atoms with Gasteiger partial charge < -0.3 is 14.2 Å². The van der Waals surface area contributed by atoms with Crippen molar-refractivity contribution >= 4 is 33.6 Å². The van der Waals surface area contributed by atoms with E-state index in [0.717, 1.165) is 35.7 Å². The molecule has 10 heteroatoms. The second kappa shape index (κ2) is 9.30. The minimum absolute atomic E-state index is 0.0486. The highest BCUT2D eigenvalue weighted by molar-refractivity contribution is 7.19. The van der Waals surface area contributed by atoms with Crippen molar-refractivity contribution in [2.24, 2.45) is 0 Å². The van der Waals surface area contributed by atoms with Crippen molar-refractivity contribution in [3.05, 3.63) is 58.7 Å². The SMILES string of the molecule is Cc1cc(/C=C(/C#N)C(=O)Nc2nnc(N3CCOCC3)s2)c(C)n1-c1ccc(F)cc1. The van der Waals surface area contributed by atoms with Gasteiger partial charge in [-0.2, -0.15) is 5.26 Å². The lowest BCUT2D eigenvalue weighted by Gasteiger charge is -2.25. The molecule has 1 N–H and O–H groups in total. The van der Waals surface area contributed by atoms with Gasteiger partial charge in [0, 0.05) is 30.2 Å². The molecule has 1 fully saturated rings. The molecule has 3 aromatic rings. The molecule has 0 aliphatic carbocycles. The molecule has 0 spiro atoms. The molecule has 8 nitrogen and oxygen atoms in total. The van der Waals surface area contributed by atoms with E-state index in [1.165, 1.54) is 23.5 Å². The van der Waals surface area contributed by atoms with Gasteiger partial charge in [0.05, 0.1) is 13.2 Å². The van der Waals surface area contributed by atoms with Gasteiger partial charge in [0.15, 0.2) is 0 Å². The number of anilines is 2. The number of carbonyl (C=O) groups is 1. The predicted octanol–water partition coefficient (Wildman–Crippen LogP) is 3.47. The molecule has 3 heterocycles. The number of amides is 1. The summed E-state index contributed by atoms with van der Waals surface area (Å²) in [6.07, 6.45) is 1.54. The summed E-state index contributed by atoms with van der Waals surface area (Å²) in [7, 11) is 0. The van der Waals surface area contributed by atoms with E-state index in [1.54, 1.807) is 18.2 Å². The van der Waals surface area contributed by atoms with Crippen LogP contribution in [0.4, 0.5) is 14.7 Å². The summed E-state index contributed by atoms with van der Waals surface area (Å²) in [5, 5.41) is 21.4. The molecule has 0 radical (unpaired) electrons. The molecule has 1 aromatic carbocycles. The van der Waals surface area contributed by atoms with Crippen LogP contribution in [0.15, 0.2) is 35.9 Å². The van der Waals surface area contributed by atoms with Gasteiger partial charge in [0.2, 0.25) is 10.3 Å². The lowest BCUT2D eigenvalue weighted by atomic mass is 10.1. The summed E-state index contributed by atoms with van der Waals surface area (Å²) in [6.45, 7) is 6.48. The number of hydrogen-bond acceptors (Lipinski definition) is 7. The summed E-state index contributed by atoms with van der Waals surface area (Å²) in [4.78, 5) is 14.7. The van der Waals surface area contributed by atoms with Crippen LogP contribution < -0.4 is 10.2 Å². The van der Waals surface area contributed by atoms with Crippen molar-refractivity contribution in [2.75, 3.05) is 36.5 Å². The predicted molar refractivity (Wildman–Crippen MR) is 120 cm³/mol. The minimum Gasteiger partial charge on any atom is -0.378 e. The number of aryl methyl sites for hydroxylation is 1. The fraction of sp³-hybridized carbons (Fsp3) is 0.273. The summed E-state index contributed by atoms with van der Waals surface area (Å²) in [5.41, 5.74) is 3.21. The highest BCUT2D eigenvalue weighted by Gasteiger charge is 2.19. The van der Waals surface area contributed by atoms with Crippen molar-refractivity contribution in [1.29, 1.82) is 5.26 Å². The Hall–Kier alpha value is -3.55. The molecule has 0 unspecified atom stereocenters. The average Bonchev–Trinajstić information content (AvgIpc) is 3.37. The molecular formula is C22H21FN6O2S. The maximum absolute atomic E-state index is 13.3. The number of nitrogens with zero attached hydrogens (tertiary/aromatic N) is 5. The molecule has 0 saturated carbocycles. The van der Waals surface area contributed by atoms with Gasteiger partial charge >= 0.3 is 0 Å². The molecule has 164 valence electrons. The first-order chi connectivity index (χ1) is 15.5. The van der Waals surface area contributed by atoms with E-state index in [2.05, 4.69) is 15.5 Å². The highest BCUT2D eigenvalue weighted by Crippen LogP contribution is 2.26. The van der Waals surface area contributed by atoms with Crippen LogP contribution in [0.1, 0.15) is 17.0 Å². The number of aromatic nitrogens is 3. The summed E-state index contributed by atoms with van der Waals surface area (Å²) in [5.74, 6) is -0.864. The topological polar surface area (TPSA) is 96.1 Å². The number of morpholine rings is 1. The molecule has 1 aliphatic heterocycles. The molecular weight excluding hydrogens is 431 g/mol. The minimum atomic E-state index is -0.552. The van der Waals surface area contributed by atoms with Crippen LogP contribution >= 0.6 is 11.3 Å². The van der Waals surface area contributed by atoms with E-state index >= 15 is 0 Å². The molecule has 1 amide bonds. The van der Waals surface area contributed by atoms with Gasteiger partial charge in [-0.1, -0.05) is 11.3 Å². The monoisotopic (exact) mass is 452 g/mol. The van der Waals surface area contributed by atoms with Gasteiger partial charge in [-0.15, -0.1) is 10.2 Å². The lowest BCUT2D eigenvalue weighted by molar-refractivity contribution is -0.112. The third-order valence-corrected chi connectivity index (χ3v) is 6.04. The van der Waals surface area contributed by atoms with Crippen molar-refractivity contribution in [3.63, 3.8) is 0 Å². The van der Waals surface area contributed by atoms with Crippen LogP contribution in [0, 0.1) is 31.0 Å². The molecule has 2 aromatic heterocycles. The van der Waals surface area contributed by atoms with Crippen molar-refractivity contribution in [3.8, 4) is 11.8 Å². The van der Waals surface area contributed by atoms with E-state index in [9.17, 15) is 14.4 Å². The molecule has 4 rings (SSSR count). The summed E-state index contributed by atoms with van der Waals surface area (Å²) >= 11 is 1.25. The number of carbonyl (C=O) groups excluding carboxylic acids is 1. The molecule has 1 saturated heterocycles. The summed E-state index contributed by atoms with van der Waals surface area (Å²) < 4.78 is 20.6. The van der Waals surface area contributed by atoms with Gasteiger partial charge in [-0.25, -0.2) is 4.39 Å². The molecule has 0 bridgehead atoms. The fourth-order valence-corrected chi connectivity index (χ4v) is 4.33. The van der Waals surface area contributed by atoms with Crippen LogP contribution in [-0.2, 0) is 9.53 Å². The van der Waals surface area contributed by atoms with E-state index in [0.29, 0.717) is 23.5 Å². The van der Waals surface area contributed by atoms with Crippen LogP contribution in [0.2, 0.25) is 0 Å². The third kappa shape index (κ3) is 4.54. The fourth-order valence-electron chi connectivity index (χ4n) is 3.54. The maximum Gasteiger partial charge on any atom is 0.268 e. The average molecular weight is 453 g/mol. The van der Waals surface area contributed by atoms with Crippen molar-refractivity contribution in [1.82, 2.24) is 14.8 Å². The molecule has 1 aliphatic rings. The second-order valence-corrected chi connectivity index (χ2v) is 8.21. The number of rotatable bonds is 5. The van der Waals surface area contributed by atoms with Crippen molar-refractivity contribution in [2.45, 2.75) is 13.8 Å². The number of hydrogen-bond donors (Lipinski definition) is 1. The maximum atomic E-state index is 13.3. The Bertz CT molecular complexity index is 1200. The second-order valence-electron chi connectivity index (χ2n) is 7.25. The Morgan fingerprint density at radius 3 is 2.66 bits per heavy atom. The number of ether oxygens (including phenoxy) is 1. The Labute approximate surface area is 188 Å². The Balaban J connectivity index is 1.54. The Morgan fingerprint density at radius 2 is 1.97 bits per heavy atom. The lowest BCUT2D eigenvalue weighted by Crippen LogP contribution is -2.36. The standard InChI is InChI=1S/C22H21FN6O2S/c1-14-11-16(15(2)29(14)19-5-3-18(23)4-6-19)12-17(13-24)20(30)25-21-26-27-22(32-21)28-7-9-31-10-8-28/h3-6,11-12H,7-10H2,1-2H3,(H,25,26,30)/b17-12-. The third-order valence-electron chi connectivity index (χ3n) is 5.14. The van der Waals surface area contributed by atoms with E-state index in [-0.39, 0.29) is 11.4 Å². The normalized spacial score (nSPS) is 14.3. The van der Waals surface area contributed by atoms with Gasteiger partial charge in [0.25, 0.3) is 5.91 Å². The zero-order chi connectivity index (χ0) is 22.7. The van der Waals surface area contributed by atoms with Crippen LogP contribution in [0.3, 0.4) is 0 Å². The molecule has 32 heavy (non-hydrogen) atoms. The van der Waals surface area contributed by atoms with Gasteiger partial charge in [-0.3, -0.25) is 10.1 Å².